The molecule has 2 aromatic rings. The first-order chi connectivity index (χ1) is 9.60. The average Bonchev–Trinajstić information content (AvgIpc) is 2.79. The van der Waals surface area contributed by atoms with Crippen molar-refractivity contribution in [3.05, 3.63) is 34.7 Å². The largest absolute Gasteiger partial charge is 0.494 e. The molecular weight excluding hydrogens is 286 g/mol. The van der Waals surface area contributed by atoms with E-state index >= 15 is 0 Å². The summed E-state index contributed by atoms with van der Waals surface area (Å²) in [6.45, 7) is 2.06. The number of nitrogens with two attached hydrogens (primary N) is 1. The van der Waals surface area contributed by atoms with E-state index in [0.29, 0.717) is 17.6 Å². The summed E-state index contributed by atoms with van der Waals surface area (Å²) in [6, 6.07) is 2.21. The Bertz CT molecular complexity index is 607. The van der Waals surface area contributed by atoms with Gasteiger partial charge in [-0.15, -0.1) is 11.3 Å². The molecule has 20 heavy (non-hydrogen) atoms. The number of hydrazone groups is 1. The van der Waals surface area contributed by atoms with Crippen molar-refractivity contribution in [3.63, 3.8) is 0 Å². The van der Waals surface area contributed by atoms with Gasteiger partial charge in [-0.1, -0.05) is 0 Å². The van der Waals surface area contributed by atoms with Gasteiger partial charge in [-0.2, -0.15) is 5.10 Å². The fraction of sp³-hybridized carbons (Fsp3) is 0.167. The van der Waals surface area contributed by atoms with Crippen LogP contribution in [0, 0.1) is 11.6 Å². The van der Waals surface area contributed by atoms with Crippen LogP contribution >= 0.6 is 11.3 Å². The van der Waals surface area contributed by atoms with Gasteiger partial charge in [0.05, 0.1) is 18.4 Å². The van der Waals surface area contributed by atoms with Crippen LogP contribution in [0.15, 0.2) is 22.6 Å². The lowest BCUT2D eigenvalue weighted by Gasteiger charge is -2.05. The average molecular weight is 298 g/mol. The van der Waals surface area contributed by atoms with Crippen molar-refractivity contribution in [1.29, 1.82) is 0 Å². The van der Waals surface area contributed by atoms with Gasteiger partial charge in [-0.05, 0) is 6.92 Å². The molecule has 0 aliphatic carbocycles. The van der Waals surface area contributed by atoms with E-state index in [9.17, 15) is 8.78 Å². The van der Waals surface area contributed by atoms with Gasteiger partial charge in [0.2, 0.25) is 5.13 Å². The van der Waals surface area contributed by atoms with Crippen molar-refractivity contribution in [2.45, 2.75) is 6.92 Å². The maximum absolute atomic E-state index is 13.7. The number of anilines is 2. The van der Waals surface area contributed by atoms with Crippen LogP contribution in [-0.4, -0.2) is 17.8 Å². The Labute approximate surface area is 118 Å². The number of nitrogens with one attached hydrogen (secondary N) is 1. The monoisotopic (exact) mass is 298 g/mol. The second-order valence-electron chi connectivity index (χ2n) is 3.68. The standard InChI is InChI=1S/C12H12F2N4OS/c1-2-19-7-3-9(13)8(10(14)4-7)5-16-18-12-17-11(15)6-20-12/h3-6H,2,15H2,1H3,(H,17,18). The van der Waals surface area contributed by atoms with E-state index in [4.69, 9.17) is 10.5 Å². The summed E-state index contributed by atoms with van der Waals surface area (Å²) in [7, 11) is 0. The molecular formula is C12H12F2N4OS. The third kappa shape index (κ3) is 3.41. The maximum atomic E-state index is 13.7. The number of halogens is 2. The lowest BCUT2D eigenvalue weighted by Crippen LogP contribution is -2.00. The van der Waals surface area contributed by atoms with Gasteiger partial charge < -0.3 is 10.5 Å². The van der Waals surface area contributed by atoms with E-state index in [2.05, 4.69) is 15.5 Å². The van der Waals surface area contributed by atoms with Crippen molar-refractivity contribution < 1.29 is 13.5 Å². The van der Waals surface area contributed by atoms with Gasteiger partial charge in [0.1, 0.15) is 23.2 Å². The first-order valence-electron chi connectivity index (χ1n) is 5.72. The predicted octanol–water partition coefficient (Wildman–Crippen LogP) is 2.85. The molecule has 0 aliphatic heterocycles. The molecule has 0 aliphatic rings. The molecule has 0 amide bonds. The summed E-state index contributed by atoms with van der Waals surface area (Å²) in [5.41, 5.74) is 7.71. The molecule has 3 N–H and O–H groups in total. The van der Waals surface area contributed by atoms with Crippen LogP contribution in [0.5, 0.6) is 5.75 Å². The minimum atomic E-state index is -0.752. The lowest BCUT2D eigenvalue weighted by atomic mass is 10.2. The van der Waals surface area contributed by atoms with E-state index in [1.54, 1.807) is 12.3 Å². The van der Waals surface area contributed by atoms with Crippen molar-refractivity contribution in [1.82, 2.24) is 4.98 Å². The zero-order valence-corrected chi connectivity index (χ0v) is 11.4. The molecule has 8 heteroatoms. The van der Waals surface area contributed by atoms with Crippen molar-refractivity contribution >= 4 is 28.5 Å². The number of nitrogens with zero attached hydrogens (tertiary/aromatic N) is 2. The SMILES string of the molecule is CCOc1cc(F)c(C=NNc2nc(N)cs2)c(F)c1. The molecule has 2 rings (SSSR count). The Balaban J connectivity index is 2.12. The predicted molar refractivity (Wildman–Crippen MR) is 75.3 cm³/mol. The second kappa shape index (κ2) is 6.29. The number of aromatic nitrogens is 1. The minimum Gasteiger partial charge on any atom is -0.494 e. The Morgan fingerprint density at radius 1 is 1.45 bits per heavy atom. The number of rotatable bonds is 5. The van der Waals surface area contributed by atoms with Gasteiger partial charge in [-0.25, -0.2) is 13.8 Å². The van der Waals surface area contributed by atoms with Crippen LogP contribution in [-0.2, 0) is 0 Å². The summed E-state index contributed by atoms with van der Waals surface area (Å²) >= 11 is 1.23. The number of benzene rings is 1. The smallest absolute Gasteiger partial charge is 0.205 e. The van der Waals surface area contributed by atoms with Crippen molar-refractivity contribution in [3.8, 4) is 5.75 Å². The Hall–Kier alpha value is -2.22. The summed E-state index contributed by atoms with van der Waals surface area (Å²) in [5.74, 6) is -1.01. The second-order valence-corrected chi connectivity index (χ2v) is 4.54. The van der Waals surface area contributed by atoms with Crippen LogP contribution in [0.2, 0.25) is 0 Å². The summed E-state index contributed by atoms with van der Waals surface area (Å²) in [4.78, 5) is 3.89. The first kappa shape index (κ1) is 14.2. The summed E-state index contributed by atoms with van der Waals surface area (Å²) < 4.78 is 32.4. The highest BCUT2D eigenvalue weighted by molar-refractivity contribution is 7.14. The van der Waals surface area contributed by atoms with E-state index in [1.165, 1.54) is 11.3 Å². The normalized spacial score (nSPS) is 10.9. The number of nitrogen functional groups attached to an aromatic ring is 1. The molecule has 1 heterocycles. The fourth-order valence-electron chi connectivity index (χ4n) is 1.42. The Morgan fingerprint density at radius 2 is 2.15 bits per heavy atom. The van der Waals surface area contributed by atoms with E-state index in [1.807, 2.05) is 0 Å². The lowest BCUT2D eigenvalue weighted by molar-refractivity contribution is 0.336. The highest BCUT2D eigenvalue weighted by atomic mass is 32.1. The molecule has 0 spiro atoms. The van der Waals surface area contributed by atoms with Crippen LogP contribution < -0.4 is 15.9 Å². The zero-order valence-electron chi connectivity index (χ0n) is 10.6. The number of thiazole rings is 1. The molecule has 0 fully saturated rings. The Kier molecular flexibility index (Phi) is 4.46. The summed E-state index contributed by atoms with van der Waals surface area (Å²) in [6.07, 6.45) is 1.04. The molecule has 5 nitrogen and oxygen atoms in total. The molecule has 0 unspecified atom stereocenters. The van der Waals surface area contributed by atoms with Crippen molar-refractivity contribution in [2.75, 3.05) is 17.8 Å². The molecule has 1 aromatic carbocycles. The van der Waals surface area contributed by atoms with Crippen LogP contribution in [0.1, 0.15) is 12.5 Å². The van der Waals surface area contributed by atoms with Gasteiger partial charge in [0.15, 0.2) is 0 Å². The molecule has 0 atom stereocenters. The van der Waals surface area contributed by atoms with Gasteiger partial charge in [0.25, 0.3) is 0 Å². The number of hydrogen-bond donors (Lipinski definition) is 2. The number of ether oxygens (including phenoxy) is 1. The zero-order chi connectivity index (χ0) is 14.5. The van der Waals surface area contributed by atoms with E-state index in [-0.39, 0.29) is 11.3 Å². The molecule has 0 radical (unpaired) electrons. The van der Waals surface area contributed by atoms with Gasteiger partial charge in [-0.3, -0.25) is 5.43 Å². The highest BCUT2D eigenvalue weighted by Gasteiger charge is 2.10. The first-order valence-corrected chi connectivity index (χ1v) is 6.60. The van der Waals surface area contributed by atoms with Crippen molar-refractivity contribution in [2.24, 2.45) is 5.10 Å². The summed E-state index contributed by atoms with van der Waals surface area (Å²) in [5, 5.41) is 5.78. The van der Waals surface area contributed by atoms with E-state index < -0.39 is 11.6 Å². The molecule has 0 saturated heterocycles. The molecule has 1 aromatic heterocycles. The molecule has 0 saturated carbocycles. The topological polar surface area (TPSA) is 72.5 Å². The Morgan fingerprint density at radius 3 is 2.70 bits per heavy atom. The quantitative estimate of drug-likeness (QED) is 0.657. The van der Waals surface area contributed by atoms with Crippen LogP contribution in [0.4, 0.5) is 19.7 Å². The highest BCUT2D eigenvalue weighted by Crippen LogP contribution is 2.20. The third-order valence-electron chi connectivity index (χ3n) is 2.24. The molecule has 0 bridgehead atoms. The number of hydrogen-bond acceptors (Lipinski definition) is 6. The minimum absolute atomic E-state index is 0.139. The third-order valence-corrected chi connectivity index (χ3v) is 3.00. The molecule has 106 valence electrons. The fourth-order valence-corrected chi connectivity index (χ4v) is 1.97. The van der Waals surface area contributed by atoms with Crippen LogP contribution in [0.3, 0.4) is 0 Å². The maximum Gasteiger partial charge on any atom is 0.205 e. The van der Waals surface area contributed by atoms with Gasteiger partial charge in [0, 0.05) is 17.5 Å². The van der Waals surface area contributed by atoms with Gasteiger partial charge >= 0.3 is 0 Å². The van der Waals surface area contributed by atoms with Crippen LogP contribution in [0.25, 0.3) is 0 Å². The van der Waals surface area contributed by atoms with E-state index in [0.717, 1.165) is 18.3 Å².